The van der Waals surface area contributed by atoms with Crippen LogP contribution in [0.3, 0.4) is 0 Å². The van der Waals surface area contributed by atoms with Gasteiger partial charge in [-0.15, -0.1) is 0 Å². The van der Waals surface area contributed by atoms with E-state index < -0.39 is 0 Å². The number of rotatable bonds is 6. The van der Waals surface area contributed by atoms with Crippen LogP contribution in [0.2, 0.25) is 0 Å². The molecule has 0 bridgehead atoms. The van der Waals surface area contributed by atoms with Crippen molar-refractivity contribution in [3.05, 3.63) is 71.4 Å². The average molecular weight is 404 g/mol. The first-order chi connectivity index (χ1) is 14.5. The lowest BCUT2D eigenvalue weighted by Gasteiger charge is -2.32. The first-order valence-corrected chi connectivity index (χ1v) is 10.8. The normalized spacial score (nSPS) is 15.8. The standard InChI is InChI=1S/C25H33N5/c1-20-17-30(26-25(20)23-9-5-7-21(15-23)18-27(2)3)24-10-6-8-22(16-24)19-29-13-11-28(4)12-14-29/h5-10,15-17H,11-14,18-19H2,1-4H3. The fourth-order valence-electron chi connectivity index (χ4n) is 4.12. The molecule has 158 valence electrons. The van der Waals surface area contributed by atoms with Crippen LogP contribution in [0.25, 0.3) is 16.9 Å². The first kappa shape index (κ1) is 20.8. The molecule has 1 fully saturated rings. The molecule has 1 aliphatic rings. The maximum absolute atomic E-state index is 4.95. The van der Waals surface area contributed by atoms with Crippen LogP contribution in [0.1, 0.15) is 16.7 Å². The summed E-state index contributed by atoms with van der Waals surface area (Å²) < 4.78 is 2.02. The molecule has 0 aliphatic carbocycles. The Bertz CT molecular complexity index is 983. The number of aryl methyl sites for hydroxylation is 1. The van der Waals surface area contributed by atoms with E-state index in [1.54, 1.807) is 0 Å². The van der Waals surface area contributed by atoms with Gasteiger partial charge in [-0.05, 0) is 63.0 Å². The number of hydrogen-bond acceptors (Lipinski definition) is 4. The number of piperazine rings is 1. The van der Waals surface area contributed by atoms with E-state index in [2.05, 4.69) is 97.5 Å². The molecule has 5 nitrogen and oxygen atoms in total. The van der Waals surface area contributed by atoms with Gasteiger partial charge in [-0.1, -0.05) is 30.3 Å². The SMILES string of the molecule is Cc1cn(-c2cccc(CN3CCN(C)CC3)c2)nc1-c1cccc(CN(C)C)c1. The van der Waals surface area contributed by atoms with Crippen LogP contribution in [0, 0.1) is 6.92 Å². The molecule has 1 aromatic heterocycles. The van der Waals surface area contributed by atoms with Crippen molar-refractivity contribution in [1.82, 2.24) is 24.5 Å². The van der Waals surface area contributed by atoms with Gasteiger partial charge in [0.15, 0.2) is 0 Å². The third-order valence-electron chi connectivity index (χ3n) is 5.77. The van der Waals surface area contributed by atoms with Gasteiger partial charge in [0.25, 0.3) is 0 Å². The zero-order valence-electron chi connectivity index (χ0n) is 18.7. The third kappa shape index (κ3) is 4.98. The Morgan fingerprint density at radius 3 is 2.43 bits per heavy atom. The van der Waals surface area contributed by atoms with E-state index in [-0.39, 0.29) is 0 Å². The van der Waals surface area contributed by atoms with Crippen molar-refractivity contribution in [2.24, 2.45) is 0 Å². The zero-order valence-corrected chi connectivity index (χ0v) is 18.7. The molecule has 3 aromatic rings. The maximum Gasteiger partial charge on any atom is 0.0956 e. The molecular formula is C25H33N5. The number of benzene rings is 2. The van der Waals surface area contributed by atoms with E-state index >= 15 is 0 Å². The molecular weight excluding hydrogens is 370 g/mol. The van der Waals surface area contributed by atoms with Crippen LogP contribution in [0.5, 0.6) is 0 Å². The van der Waals surface area contributed by atoms with Crippen molar-refractivity contribution in [2.45, 2.75) is 20.0 Å². The molecule has 1 aliphatic heterocycles. The van der Waals surface area contributed by atoms with Crippen LogP contribution >= 0.6 is 0 Å². The highest BCUT2D eigenvalue weighted by Crippen LogP contribution is 2.25. The summed E-state index contributed by atoms with van der Waals surface area (Å²) >= 11 is 0. The Labute approximate surface area is 180 Å². The molecule has 0 N–H and O–H groups in total. The van der Waals surface area contributed by atoms with Crippen molar-refractivity contribution in [1.29, 1.82) is 0 Å². The van der Waals surface area contributed by atoms with Crippen molar-refractivity contribution in [3.63, 3.8) is 0 Å². The Balaban J connectivity index is 1.54. The summed E-state index contributed by atoms with van der Waals surface area (Å²) in [5.74, 6) is 0. The Hall–Kier alpha value is -2.47. The quantitative estimate of drug-likeness (QED) is 0.628. The van der Waals surface area contributed by atoms with Crippen LogP contribution in [0.15, 0.2) is 54.7 Å². The van der Waals surface area contributed by atoms with Gasteiger partial charge in [-0.3, -0.25) is 4.90 Å². The fraction of sp³-hybridized carbons (Fsp3) is 0.400. The van der Waals surface area contributed by atoms with Gasteiger partial charge in [-0.2, -0.15) is 5.10 Å². The number of nitrogens with zero attached hydrogens (tertiary/aromatic N) is 5. The summed E-state index contributed by atoms with van der Waals surface area (Å²) in [5.41, 5.74) is 7.21. The lowest BCUT2D eigenvalue weighted by molar-refractivity contribution is 0.148. The second-order valence-corrected chi connectivity index (χ2v) is 8.79. The van der Waals surface area contributed by atoms with Gasteiger partial charge in [0.1, 0.15) is 0 Å². The van der Waals surface area contributed by atoms with Crippen molar-refractivity contribution < 1.29 is 0 Å². The monoisotopic (exact) mass is 403 g/mol. The van der Waals surface area contributed by atoms with Gasteiger partial charge in [0, 0.05) is 51.0 Å². The highest BCUT2D eigenvalue weighted by atomic mass is 15.3. The Morgan fingerprint density at radius 1 is 0.933 bits per heavy atom. The predicted octanol–water partition coefficient (Wildman–Crippen LogP) is 3.66. The van der Waals surface area contributed by atoms with Crippen LogP contribution in [-0.2, 0) is 13.1 Å². The van der Waals surface area contributed by atoms with Crippen LogP contribution in [-0.4, -0.2) is 71.8 Å². The molecule has 4 rings (SSSR count). The van der Waals surface area contributed by atoms with Gasteiger partial charge in [-0.25, -0.2) is 4.68 Å². The smallest absolute Gasteiger partial charge is 0.0956 e. The van der Waals surface area contributed by atoms with E-state index in [4.69, 9.17) is 5.10 Å². The number of likely N-dealkylation sites (N-methyl/N-ethyl adjacent to an activating group) is 1. The summed E-state index contributed by atoms with van der Waals surface area (Å²) in [6.07, 6.45) is 2.14. The van der Waals surface area contributed by atoms with Gasteiger partial charge in [0.2, 0.25) is 0 Å². The largest absolute Gasteiger partial charge is 0.305 e. The second-order valence-electron chi connectivity index (χ2n) is 8.79. The van der Waals surface area contributed by atoms with Crippen LogP contribution < -0.4 is 0 Å². The van der Waals surface area contributed by atoms with Crippen molar-refractivity contribution in [2.75, 3.05) is 47.3 Å². The second kappa shape index (κ2) is 9.13. The maximum atomic E-state index is 4.95. The van der Waals surface area contributed by atoms with Gasteiger partial charge >= 0.3 is 0 Å². The first-order valence-electron chi connectivity index (χ1n) is 10.8. The molecule has 0 amide bonds. The molecule has 0 unspecified atom stereocenters. The lowest BCUT2D eigenvalue weighted by atomic mass is 10.1. The summed E-state index contributed by atoms with van der Waals surface area (Å²) in [6.45, 7) is 8.64. The summed E-state index contributed by atoms with van der Waals surface area (Å²) in [5, 5.41) is 4.95. The molecule has 2 aromatic carbocycles. The minimum Gasteiger partial charge on any atom is -0.305 e. The molecule has 2 heterocycles. The van der Waals surface area contributed by atoms with Gasteiger partial charge < -0.3 is 9.80 Å². The lowest BCUT2D eigenvalue weighted by Crippen LogP contribution is -2.43. The molecule has 0 spiro atoms. The molecule has 1 saturated heterocycles. The molecule has 30 heavy (non-hydrogen) atoms. The van der Waals surface area contributed by atoms with Crippen molar-refractivity contribution in [3.8, 4) is 16.9 Å². The average Bonchev–Trinajstić information content (AvgIpc) is 3.11. The highest BCUT2D eigenvalue weighted by molar-refractivity contribution is 5.63. The minimum atomic E-state index is 0.932. The van der Waals surface area contributed by atoms with E-state index in [0.29, 0.717) is 0 Å². The van der Waals surface area contributed by atoms with Gasteiger partial charge in [0.05, 0.1) is 11.4 Å². The van der Waals surface area contributed by atoms with E-state index in [0.717, 1.165) is 50.6 Å². The summed E-state index contributed by atoms with van der Waals surface area (Å²) in [7, 11) is 6.40. The predicted molar refractivity (Wildman–Crippen MR) is 124 cm³/mol. The Morgan fingerprint density at radius 2 is 1.67 bits per heavy atom. The fourth-order valence-corrected chi connectivity index (χ4v) is 4.12. The Kier molecular flexibility index (Phi) is 6.32. The highest BCUT2D eigenvalue weighted by Gasteiger charge is 2.15. The number of aromatic nitrogens is 2. The molecule has 0 saturated carbocycles. The number of hydrogen-bond donors (Lipinski definition) is 0. The van der Waals surface area contributed by atoms with E-state index in [1.165, 1.54) is 22.3 Å². The van der Waals surface area contributed by atoms with E-state index in [9.17, 15) is 0 Å². The van der Waals surface area contributed by atoms with Crippen molar-refractivity contribution >= 4 is 0 Å². The molecule has 0 radical (unpaired) electrons. The van der Waals surface area contributed by atoms with Crippen LogP contribution in [0.4, 0.5) is 0 Å². The molecule has 0 atom stereocenters. The third-order valence-corrected chi connectivity index (χ3v) is 5.77. The summed E-state index contributed by atoms with van der Waals surface area (Å²) in [6, 6.07) is 17.5. The topological polar surface area (TPSA) is 27.5 Å². The molecule has 5 heteroatoms. The zero-order chi connectivity index (χ0) is 21.1. The minimum absolute atomic E-state index is 0.932. The summed E-state index contributed by atoms with van der Waals surface area (Å²) in [4.78, 5) is 7.13. The van der Waals surface area contributed by atoms with E-state index in [1.807, 2.05) is 4.68 Å².